The summed E-state index contributed by atoms with van der Waals surface area (Å²) in [6.07, 6.45) is 1.59. The number of ether oxygens (including phenoxy) is 3. The third kappa shape index (κ3) is 2.36. The zero-order valence-corrected chi connectivity index (χ0v) is 11.6. The Balaban J connectivity index is 3.05. The van der Waals surface area contributed by atoms with E-state index in [1.807, 2.05) is 13.8 Å². The molecule has 0 radical (unpaired) electrons. The first-order chi connectivity index (χ1) is 8.50. The van der Waals surface area contributed by atoms with Gasteiger partial charge in [0, 0.05) is 0 Å². The molecule has 1 aliphatic rings. The van der Waals surface area contributed by atoms with Crippen LogP contribution in [0.5, 0.6) is 0 Å². The molecule has 0 amide bonds. The molecule has 0 aromatic rings. The molecule has 1 rings (SSSR count). The Labute approximate surface area is 108 Å². The normalized spacial score (nSPS) is 31.8. The number of methoxy groups -OCH3 is 2. The molecule has 0 saturated carbocycles. The molecule has 1 aliphatic heterocycles. The highest BCUT2D eigenvalue weighted by Gasteiger charge is 2.53. The molecule has 2 atom stereocenters. The standard InChI is InChI=1S/C13H22O5/c1-5-12(10(14)16-3)7-13(6-2,9-18-8-12)11(15)17-4/h5-9H2,1-4H3. The van der Waals surface area contributed by atoms with Gasteiger partial charge in [0.25, 0.3) is 0 Å². The molecule has 1 fully saturated rings. The van der Waals surface area contributed by atoms with E-state index < -0.39 is 10.8 Å². The molecule has 0 aliphatic carbocycles. The summed E-state index contributed by atoms with van der Waals surface area (Å²) >= 11 is 0. The molecule has 0 aromatic carbocycles. The van der Waals surface area contributed by atoms with Crippen LogP contribution in [-0.4, -0.2) is 39.4 Å². The smallest absolute Gasteiger partial charge is 0.314 e. The first-order valence-electron chi connectivity index (χ1n) is 6.25. The van der Waals surface area contributed by atoms with Crippen molar-refractivity contribution >= 4 is 11.9 Å². The number of rotatable bonds is 4. The molecule has 0 bridgehead atoms. The molecule has 0 aromatic heterocycles. The van der Waals surface area contributed by atoms with E-state index in [2.05, 4.69) is 0 Å². The average molecular weight is 258 g/mol. The third-order valence-electron chi connectivity index (χ3n) is 4.02. The third-order valence-corrected chi connectivity index (χ3v) is 4.02. The van der Waals surface area contributed by atoms with Crippen LogP contribution in [-0.2, 0) is 23.8 Å². The molecular weight excluding hydrogens is 236 g/mol. The fourth-order valence-corrected chi connectivity index (χ4v) is 2.63. The second kappa shape index (κ2) is 5.69. The van der Waals surface area contributed by atoms with Crippen LogP contribution in [0, 0.1) is 10.8 Å². The van der Waals surface area contributed by atoms with Crippen molar-refractivity contribution in [2.75, 3.05) is 27.4 Å². The monoisotopic (exact) mass is 258 g/mol. The minimum atomic E-state index is -0.739. The van der Waals surface area contributed by atoms with E-state index in [-0.39, 0.29) is 11.9 Å². The Morgan fingerprint density at radius 3 is 1.67 bits per heavy atom. The van der Waals surface area contributed by atoms with Gasteiger partial charge >= 0.3 is 11.9 Å². The van der Waals surface area contributed by atoms with E-state index in [1.54, 1.807) is 0 Å². The fourth-order valence-electron chi connectivity index (χ4n) is 2.63. The van der Waals surface area contributed by atoms with Crippen LogP contribution < -0.4 is 0 Å². The van der Waals surface area contributed by atoms with Gasteiger partial charge < -0.3 is 14.2 Å². The van der Waals surface area contributed by atoms with E-state index in [4.69, 9.17) is 14.2 Å². The molecule has 18 heavy (non-hydrogen) atoms. The van der Waals surface area contributed by atoms with Crippen LogP contribution in [0.4, 0.5) is 0 Å². The molecule has 2 unspecified atom stereocenters. The number of hydrogen-bond acceptors (Lipinski definition) is 5. The number of carbonyl (C=O) groups is 2. The van der Waals surface area contributed by atoms with Gasteiger partial charge in [-0.05, 0) is 19.3 Å². The van der Waals surface area contributed by atoms with Crippen molar-refractivity contribution in [2.24, 2.45) is 10.8 Å². The van der Waals surface area contributed by atoms with Crippen molar-refractivity contribution in [3.05, 3.63) is 0 Å². The van der Waals surface area contributed by atoms with Crippen molar-refractivity contribution in [3.63, 3.8) is 0 Å². The van der Waals surface area contributed by atoms with Crippen molar-refractivity contribution in [3.8, 4) is 0 Å². The van der Waals surface area contributed by atoms with Crippen molar-refractivity contribution in [1.82, 2.24) is 0 Å². The maximum absolute atomic E-state index is 12.0. The van der Waals surface area contributed by atoms with E-state index in [9.17, 15) is 9.59 Å². The molecule has 5 heteroatoms. The summed E-state index contributed by atoms with van der Waals surface area (Å²) in [4.78, 5) is 24.0. The van der Waals surface area contributed by atoms with Gasteiger partial charge in [-0.1, -0.05) is 13.8 Å². The minimum absolute atomic E-state index is 0.301. The van der Waals surface area contributed by atoms with Crippen molar-refractivity contribution in [1.29, 1.82) is 0 Å². The topological polar surface area (TPSA) is 61.8 Å². The van der Waals surface area contributed by atoms with Gasteiger partial charge in [-0.15, -0.1) is 0 Å². The molecule has 1 heterocycles. The van der Waals surface area contributed by atoms with Gasteiger partial charge in [-0.2, -0.15) is 0 Å². The second-order valence-corrected chi connectivity index (χ2v) is 4.92. The SMILES string of the molecule is CCC1(C(=O)OC)COCC(CC)(C(=O)OC)C1. The molecule has 0 spiro atoms. The van der Waals surface area contributed by atoms with E-state index in [0.717, 1.165) is 0 Å². The van der Waals surface area contributed by atoms with Crippen LogP contribution in [0.25, 0.3) is 0 Å². The van der Waals surface area contributed by atoms with E-state index in [1.165, 1.54) is 14.2 Å². The lowest BCUT2D eigenvalue weighted by molar-refractivity contribution is -0.183. The number of carbonyl (C=O) groups excluding carboxylic acids is 2. The lowest BCUT2D eigenvalue weighted by atomic mass is 9.67. The number of esters is 2. The molecular formula is C13H22O5. The number of hydrogen-bond donors (Lipinski definition) is 0. The summed E-state index contributed by atoms with van der Waals surface area (Å²) in [5.41, 5.74) is -1.48. The lowest BCUT2D eigenvalue weighted by Crippen LogP contribution is -2.51. The minimum Gasteiger partial charge on any atom is -0.469 e. The second-order valence-electron chi connectivity index (χ2n) is 4.92. The van der Waals surface area contributed by atoms with Crippen LogP contribution >= 0.6 is 0 Å². The summed E-state index contributed by atoms with van der Waals surface area (Å²) in [7, 11) is 2.72. The Bertz CT molecular complexity index is 297. The summed E-state index contributed by atoms with van der Waals surface area (Å²) in [6.45, 7) is 4.41. The fraction of sp³-hybridized carbons (Fsp3) is 0.846. The zero-order chi connectivity index (χ0) is 13.8. The molecule has 5 nitrogen and oxygen atoms in total. The first-order valence-corrected chi connectivity index (χ1v) is 6.25. The summed E-state index contributed by atoms with van der Waals surface area (Å²) in [6, 6.07) is 0. The van der Waals surface area contributed by atoms with E-state index >= 15 is 0 Å². The van der Waals surface area contributed by atoms with Gasteiger partial charge in [0.15, 0.2) is 0 Å². The summed E-state index contributed by atoms with van der Waals surface area (Å²) in [5.74, 6) is -0.627. The Hall–Kier alpha value is -1.10. The van der Waals surface area contributed by atoms with Gasteiger partial charge in [-0.3, -0.25) is 9.59 Å². The summed E-state index contributed by atoms with van der Waals surface area (Å²) < 4.78 is 15.3. The van der Waals surface area contributed by atoms with E-state index in [0.29, 0.717) is 32.5 Å². The van der Waals surface area contributed by atoms with Crippen LogP contribution in [0.1, 0.15) is 33.1 Å². The summed E-state index contributed by atoms with van der Waals surface area (Å²) in [5, 5.41) is 0. The average Bonchev–Trinajstić information content (AvgIpc) is 2.45. The molecule has 104 valence electrons. The molecule has 1 saturated heterocycles. The quantitative estimate of drug-likeness (QED) is 0.716. The van der Waals surface area contributed by atoms with Crippen LogP contribution in [0.2, 0.25) is 0 Å². The van der Waals surface area contributed by atoms with Gasteiger partial charge in [0.2, 0.25) is 0 Å². The van der Waals surface area contributed by atoms with Gasteiger partial charge in [-0.25, -0.2) is 0 Å². The maximum Gasteiger partial charge on any atom is 0.314 e. The highest BCUT2D eigenvalue weighted by atomic mass is 16.5. The van der Waals surface area contributed by atoms with Crippen molar-refractivity contribution in [2.45, 2.75) is 33.1 Å². The Morgan fingerprint density at radius 2 is 1.39 bits per heavy atom. The Morgan fingerprint density at radius 1 is 1.00 bits per heavy atom. The van der Waals surface area contributed by atoms with Gasteiger partial charge in [0.05, 0.1) is 38.3 Å². The highest BCUT2D eigenvalue weighted by molar-refractivity contribution is 5.81. The zero-order valence-electron chi connectivity index (χ0n) is 11.6. The van der Waals surface area contributed by atoms with Crippen molar-refractivity contribution < 1.29 is 23.8 Å². The van der Waals surface area contributed by atoms with Crippen LogP contribution in [0.15, 0.2) is 0 Å². The lowest BCUT2D eigenvalue weighted by Gasteiger charge is -2.43. The Kier molecular flexibility index (Phi) is 4.73. The predicted molar refractivity (Wildman–Crippen MR) is 64.9 cm³/mol. The maximum atomic E-state index is 12.0. The first kappa shape index (κ1) is 15.0. The highest BCUT2D eigenvalue weighted by Crippen LogP contribution is 2.45. The van der Waals surface area contributed by atoms with Crippen LogP contribution in [0.3, 0.4) is 0 Å². The van der Waals surface area contributed by atoms with Gasteiger partial charge in [0.1, 0.15) is 0 Å². The molecule has 0 N–H and O–H groups in total. The largest absolute Gasteiger partial charge is 0.469 e. The predicted octanol–water partition coefficient (Wildman–Crippen LogP) is 1.55.